The largest absolute Gasteiger partial charge is 0.356 e. The molecule has 3 aromatic rings. The summed E-state index contributed by atoms with van der Waals surface area (Å²) in [4.78, 5) is 16.2. The van der Waals surface area contributed by atoms with Crippen LogP contribution in [0.5, 0.6) is 0 Å². The van der Waals surface area contributed by atoms with Gasteiger partial charge < -0.3 is 9.97 Å². The van der Waals surface area contributed by atoms with E-state index in [0.717, 1.165) is 61.1 Å². The van der Waals surface area contributed by atoms with Gasteiger partial charge in [0.1, 0.15) is 0 Å². The van der Waals surface area contributed by atoms with Gasteiger partial charge in [-0.05, 0) is 60.7 Å². The molecule has 25 heavy (non-hydrogen) atoms. The lowest BCUT2D eigenvalue weighted by Crippen LogP contribution is -1.96. The van der Waals surface area contributed by atoms with Gasteiger partial charge in [-0.15, -0.1) is 0 Å². The van der Waals surface area contributed by atoms with Crippen LogP contribution in [0.2, 0.25) is 0 Å². The van der Waals surface area contributed by atoms with Crippen LogP contribution in [0.15, 0.2) is 42.5 Å². The molecule has 118 valence electrons. The molecule has 4 nitrogen and oxygen atoms in total. The number of H-pyrrole nitrogens is 2. The summed E-state index contributed by atoms with van der Waals surface area (Å²) in [5, 5.41) is 0. The number of aromatic amines is 2. The first kappa shape index (κ1) is 14.5. The topological polar surface area (TPSA) is 57.4 Å². The van der Waals surface area contributed by atoms with Crippen molar-refractivity contribution in [2.75, 3.05) is 0 Å². The molecule has 0 radical (unpaired) electrons. The molecule has 0 aromatic carbocycles. The summed E-state index contributed by atoms with van der Waals surface area (Å²) in [6, 6.07) is 14.6. The minimum atomic E-state index is 0.949. The Bertz CT molecular complexity index is 1210. The van der Waals surface area contributed by atoms with Crippen LogP contribution >= 0.6 is 0 Å². The number of nitrogens with one attached hydrogen (secondary N) is 2. The van der Waals surface area contributed by atoms with E-state index in [2.05, 4.69) is 63.5 Å². The second-order valence-electron chi connectivity index (χ2n) is 6.36. The summed E-state index contributed by atoms with van der Waals surface area (Å²) in [5.41, 5.74) is 8.11. The molecule has 2 N–H and O–H groups in total. The van der Waals surface area contributed by atoms with Crippen molar-refractivity contribution in [3.8, 4) is 0 Å². The summed E-state index contributed by atoms with van der Waals surface area (Å²) in [7, 11) is 0. The van der Waals surface area contributed by atoms with Crippen LogP contribution in [0, 0.1) is 0 Å². The molecular formula is C20H15AlN4. The molecule has 5 rings (SSSR count). The first-order valence-electron chi connectivity index (χ1n) is 8.26. The fraction of sp³-hybridized carbons (Fsp3) is 0. The maximum atomic E-state index is 4.69. The number of hydrogen-bond acceptors (Lipinski definition) is 2. The van der Waals surface area contributed by atoms with Crippen molar-refractivity contribution < 1.29 is 0 Å². The van der Waals surface area contributed by atoms with E-state index in [1.54, 1.807) is 0 Å². The predicted molar refractivity (Wildman–Crippen MR) is 107 cm³/mol. The van der Waals surface area contributed by atoms with Crippen LogP contribution in [0.3, 0.4) is 0 Å². The van der Waals surface area contributed by atoms with Crippen molar-refractivity contribution in [1.29, 1.82) is 0 Å². The van der Waals surface area contributed by atoms with Gasteiger partial charge in [0.25, 0.3) is 16.3 Å². The average molecular weight is 338 g/mol. The van der Waals surface area contributed by atoms with Crippen LogP contribution in [-0.2, 0) is 0 Å². The third-order valence-electron chi connectivity index (χ3n) is 4.38. The molecule has 5 heteroatoms. The second kappa shape index (κ2) is 5.59. The molecule has 0 atom stereocenters. The van der Waals surface area contributed by atoms with Gasteiger partial charge in [0.2, 0.25) is 0 Å². The van der Waals surface area contributed by atoms with Crippen molar-refractivity contribution in [2.45, 2.75) is 0 Å². The number of nitrogens with zero attached hydrogens (tertiary/aromatic N) is 2. The van der Waals surface area contributed by atoms with Gasteiger partial charge in [-0.2, -0.15) is 0 Å². The smallest absolute Gasteiger partial charge is 0.262 e. The Balaban J connectivity index is 1.87. The summed E-state index contributed by atoms with van der Waals surface area (Å²) in [6.07, 6.45) is 8.18. The molecular weight excluding hydrogens is 323 g/mol. The van der Waals surface area contributed by atoms with Gasteiger partial charge in [0.05, 0.1) is 22.8 Å². The number of rotatable bonds is 0. The molecule has 3 aromatic heterocycles. The van der Waals surface area contributed by atoms with Crippen molar-refractivity contribution in [3.05, 3.63) is 65.2 Å². The Morgan fingerprint density at radius 3 is 1.72 bits per heavy atom. The fourth-order valence-corrected chi connectivity index (χ4v) is 3.74. The lowest BCUT2D eigenvalue weighted by molar-refractivity contribution is 1.31. The second-order valence-corrected chi connectivity index (χ2v) is 7.43. The highest BCUT2D eigenvalue weighted by Crippen LogP contribution is 2.16. The van der Waals surface area contributed by atoms with Crippen LogP contribution in [0.25, 0.3) is 46.4 Å². The van der Waals surface area contributed by atoms with Crippen molar-refractivity contribution in [2.24, 2.45) is 0 Å². The monoisotopic (exact) mass is 338 g/mol. The van der Waals surface area contributed by atoms with Gasteiger partial charge >= 0.3 is 0 Å². The lowest BCUT2D eigenvalue weighted by Gasteiger charge is -1.87. The zero-order valence-electron chi connectivity index (χ0n) is 13.7. The van der Waals surface area contributed by atoms with E-state index in [1.807, 2.05) is 18.2 Å². The van der Waals surface area contributed by atoms with Crippen LogP contribution in [0.1, 0.15) is 22.8 Å². The van der Waals surface area contributed by atoms with E-state index in [-0.39, 0.29) is 0 Å². The average Bonchev–Trinajstić information content (AvgIpc) is 3.33. The Kier molecular flexibility index (Phi) is 3.24. The summed E-state index contributed by atoms with van der Waals surface area (Å²) in [6.45, 7) is 0. The van der Waals surface area contributed by atoms with Crippen LogP contribution in [0.4, 0.5) is 0 Å². The van der Waals surface area contributed by atoms with Gasteiger partial charge in [-0.3, -0.25) is 0 Å². The summed E-state index contributed by atoms with van der Waals surface area (Å²) in [5.74, 6) is 0. The molecule has 0 spiro atoms. The minimum absolute atomic E-state index is 0.949. The zero-order valence-corrected chi connectivity index (χ0v) is 15.7. The minimum Gasteiger partial charge on any atom is -0.356 e. The van der Waals surface area contributed by atoms with Gasteiger partial charge in [-0.25, -0.2) is 9.97 Å². The Morgan fingerprint density at radius 2 is 1.12 bits per heavy atom. The number of hydrogen-bond donors (Lipinski definition) is 2. The Labute approximate surface area is 152 Å². The molecule has 0 aliphatic carbocycles. The van der Waals surface area contributed by atoms with Crippen LogP contribution < -0.4 is 4.43 Å². The summed E-state index contributed by atoms with van der Waals surface area (Å²) >= 11 is 0.980. The first-order valence-corrected chi connectivity index (χ1v) is 9.26. The molecule has 0 unspecified atom stereocenters. The van der Waals surface area contributed by atoms with E-state index >= 15 is 0 Å². The lowest BCUT2D eigenvalue weighted by atomic mass is 10.3. The van der Waals surface area contributed by atoms with Crippen molar-refractivity contribution >= 4 is 67.1 Å². The standard InChI is InChI=1S/C20H13N4.Al.2H/c1-2-14-10-16-5-6-18(23-16)12-20-8-7-19(24-20)11-17-4-3-15(22-17)9-13(1)21-14;;;/h1-7,9-12,21,24H;;;. The zero-order chi connectivity index (χ0) is 16.8. The van der Waals surface area contributed by atoms with Crippen molar-refractivity contribution in [1.82, 2.24) is 19.9 Å². The molecule has 5 heterocycles. The van der Waals surface area contributed by atoms with Crippen molar-refractivity contribution in [3.63, 3.8) is 0 Å². The molecule has 0 amide bonds. The number of aromatic nitrogens is 4. The Morgan fingerprint density at radius 1 is 0.600 bits per heavy atom. The maximum Gasteiger partial charge on any atom is 0.262 e. The molecule has 8 bridgehead atoms. The SMILES string of the molecule is [AlH2][c]1cc2cc3nc(cc4ccc(cc5nc(cc1[nH]2)C=C5)[nH]4)C=C3. The number of fused-ring (bicyclic) bond motifs is 8. The Hall–Kier alpha value is -2.87. The van der Waals surface area contributed by atoms with E-state index in [0.29, 0.717) is 0 Å². The maximum absolute atomic E-state index is 4.69. The molecule has 2 aliphatic heterocycles. The highest BCUT2D eigenvalue weighted by atomic mass is 27.0. The third-order valence-corrected chi connectivity index (χ3v) is 5.20. The van der Waals surface area contributed by atoms with Crippen LogP contribution in [-0.4, -0.2) is 36.2 Å². The van der Waals surface area contributed by atoms with Gasteiger partial charge in [0.15, 0.2) is 0 Å². The molecule has 0 fully saturated rings. The fourth-order valence-electron chi connectivity index (χ4n) is 3.16. The van der Waals surface area contributed by atoms with Gasteiger partial charge in [0, 0.05) is 22.1 Å². The summed E-state index contributed by atoms with van der Waals surface area (Å²) < 4.78 is 1.33. The first-order chi connectivity index (χ1) is 12.2. The van der Waals surface area contributed by atoms with E-state index in [1.165, 1.54) is 4.43 Å². The van der Waals surface area contributed by atoms with Gasteiger partial charge in [-0.1, -0.05) is 10.5 Å². The van der Waals surface area contributed by atoms with E-state index in [4.69, 9.17) is 4.98 Å². The quantitative estimate of drug-likeness (QED) is 0.427. The molecule has 0 saturated carbocycles. The highest BCUT2D eigenvalue weighted by Gasteiger charge is 2.02. The molecule has 0 saturated heterocycles. The third kappa shape index (κ3) is 2.85. The molecule has 2 aliphatic rings. The normalized spacial score (nSPS) is 12.6. The highest BCUT2D eigenvalue weighted by molar-refractivity contribution is 6.37. The van der Waals surface area contributed by atoms with E-state index in [9.17, 15) is 0 Å². The van der Waals surface area contributed by atoms with E-state index < -0.39 is 0 Å². The predicted octanol–water partition coefficient (Wildman–Crippen LogP) is 2.91.